The molecule has 4 heteroatoms. The summed E-state index contributed by atoms with van der Waals surface area (Å²) in [7, 11) is 0. The molecule has 1 aromatic carbocycles. The van der Waals surface area contributed by atoms with E-state index in [4.69, 9.17) is 0 Å². The molecular formula is C13H16F2N2. The molecule has 92 valence electrons. The Morgan fingerprint density at radius 1 is 1.29 bits per heavy atom. The Hall–Kier alpha value is -1.26. The molecule has 1 heterocycles. The van der Waals surface area contributed by atoms with E-state index in [1.165, 1.54) is 12.1 Å². The van der Waals surface area contributed by atoms with Gasteiger partial charge in [0.15, 0.2) is 0 Å². The van der Waals surface area contributed by atoms with Gasteiger partial charge in [0.2, 0.25) is 0 Å². The number of rotatable bonds is 3. The highest BCUT2D eigenvalue weighted by Crippen LogP contribution is 2.25. The lowest BCUT2D eigenvalue weighted by Crippen LogP contribution is -2.44. The molecule has 1 atom stereocenters. The monoisotopic (exact) mass is 238 g/mol. The third kappa shape index (κ3) is 2.70. The summed E-state index contributed by atoms with van der Waals surface area (Å²) in [6, 6.07) is 3.53. The molecule has 1 fully saturated rings. The maximum atomic E-state index is 13.7. The van der Waals surface area contributed by atoms with Crippen LogP contribution in [0.4, 0.5) is 8.78 Å². The number of nitrogens with zero attached hydrogens (tertiary/aromatic N) is 1. The maximum Gasteiger partial charge on any atom is 0.131 e. The molecule has 0 radical (unpaired) electrons. The summed E-state index contributed by atoms with van der Waals surface area (Å²) in [6.45, 7) is 7.20. The average Bonchev–Trinajstić information content (AvgIpc) is 2.34. The molecule has 0 unspecified atom stereocenters. The molecule has 0 amide bonds. The van der Waals surface area contributed by atoms with Gasteiger partial charge in [-0.15, -0.1) is 6.58 Å². The van der Waals surface area contributed by atoms with Crippen molar-refractivity contribution in [1.29, 1.82) is 0 Å². The van der Waals surface area contributed by atoms with Crippen LogP contribution in [0.5, 0.6) is 0 Å². The summed E-state index contributed by atoms with van der Waals surface area (Å²) >= 11 is 0. The first-order valence-corrected chi connectivity index (χ1v) is 5.74. The Bertz CT molecular complexity index is 400. The maximum absolute atomic E-state index is 13.7. The van der Waals surface area contributed by atoms with Crippen LogP contribution in [0.2, 0.25) is 0 Å². The Balaban J connectivity index is 2.24. The molecule has 0 saturated carbocycles. The van der Waals surface area contributed by atoms with Crippen LogP contribution in [0.1, 0.15) is 11.6 Å². The summed E-state index contributed by atoms with van der Waals surface area (Å²) in [6.07, 6.45) is 1.71. The van der Waals surface area contributed by atoms with Gasteiger partial charge in [-0.25, -0.2) is 8.78 Å². The van der Waals surface area contributed by atoms with Gasteiger partial charge in [-0.05, 0) is 6.07 Å². The van der Waals surface area contributed by atoms with Crippen LogP contribution in [0.3, 0.4) is 0 Å². The minimum absolute atomic E-state index is 0.183. The van der Waals surface area contributed by atoms with Crippen LogP contribution in [0, 0.1) is 11.6 Å². The Morgan fingerprint density at radius 3 is 2.59 bits per heavy atom. The highest BCUT2D eigenvalue weighted by molar-refractivity contribution is 5.25. The lowest BCUT2D eigenvalue weighted by molar-refractivity contribution is 0.200. The third-order valence-corrected chi connectivity index (χ3v) is 3.05. The fourth-order valence-electron chi connectivity index (χ4n) is 2.17. The van der Waals surface area contributed by atoms with E-state index in [1.807, 2.05) is 0 Å². The number of hydrogen-bond acceptors (Lipinski definition) is 2. The largest absolute Gasteiger partial charge is 0.314 e. The zero-order valence-electron chi connectivity index (χ0n) is 9.63. The number of hydrogen-bond donors (Lipinski definition) is 1. The van der Waals surface area contributed by atoms with E-state index >= 15 is 0 Å². The van der Waals surface area contributed by atoms with Gasteiger partial charge in [-0.1, -0.05) is 12.1 Å². The molecule has 0 aromatic heterocycles. The van der Waals surface area contributed by atoms with E-state index < -0.39 is 11.6 Å². The van der Waals surface area contributed by atoms with E-state index in [1.54, 1.807) is 6.08 Å². The van der Waals surface area contributed by atoms with E-state index in [2.05, 4.69) is 16.8 Å². The van der Waals surface area contributed by atoms with Crippen LogP contribution in [0.25, 0.3) is 0 Å². The van der Waals surface area contributed by atoms with E-state index in [0.29, 0.717) is 5.56 Å². The van der Waals surface area contributed by atoms with Crippen molar-refractivity contribution >= 4 is 0 Å². The van der Waals surface area contributed by atoms with E-state index in [0.717, 1.165) is 32.2 Å². The molecule has 1 aliphatic rings. The van der Waals surface area contributed by atoms with Gasteiger partial charge in [-0.2, -0.15) is 0 Å². The van der Waals surface area contributed by atoms with Crippen LogP contribution in [0.15, 0.2) is 30.9 Å². The molecule has 17 heavy (non-hydrogen) atoms. The SMILES string of the molecule is C=C[C@H](c1ccc(F)cc1F)N1CCNCC1. The molecule has 0 spiro atoms. The highest BCUT2D eigenvalue weighted by Gasteiger charge is 2.22. The fraction of sp³-hybridized carbons (Fsp3) is 0.385. The molecule has 2 rings (SSSR count). The van der Waals surface area contributed by atoms with Crippen LogP contribution in [-0.2, 0) is 0 Å². The first-order valence-electron chi connectivity index (χ1n) is 5.74. The van der Waals surface area contributed by atoms with Gasteiger partial charge < -0.3 is 5.32 Å². The van der Waals surface area contributed by atoms with E-state index in [9.17, 15) is 8.78 Å². The van der Waals surface area contributed by atoms with Gasteiger partial charge in [0.05, 0.1) is 6.04 Å². The Kier molecular flexibility index (Phi) is 3.86. The predicted molar refractivity (Wildman–Crippen MR) is 63.7 cm³/mol. The Morgan fingerprint density at radius 2 is 2.00 bits per heavy atom. The molecule has 1 saturated heterocycles. The van der Waals surface area contributed by atoms with Crippen LogP contribution < -0.4 is 5.32 Å². The van der Waals surface area contributed by atoms with Crippen molar-refractivity contribution in [3.63, 3.8) is 0 Å². The van der Waals surface area contributed by atoms with Crippen molar-refractivity contribution in [3.8, 4) is 0 Å². The molecule has 1 N–H and O–H groups in total. The lowest BCUT2D eigenvalue weighted by Gasteiger charge is -2.33. The minimum Gasteiger partial charge on any atom is -0.314 e. The molecule has 1 aromatic rings. The number of piperazine rings is 1. The van der Waals surface area contributed by atoms with Gasteiger partial charge in [0.25, 0.3) is 0 Å². The minimum atomic E-state index is -0.547. The second-order valence-electron chi connectivity index (χ2n) is 4.13. The normalized spacial score (nSPS) is 18.9. The highest BCUT2D eigenvalue weighted by atomic mass is 19.1. The first-order chi connectivity index (χ1) is 8.22. The second kappa shape index (κ2) is 5.38. The molecule has 2 nitrogen and oxygen atoms in total. The van der Waals surface area contributed by atoms with Crippen molar-refractivity contribution in [1.82, 2.24) is 10.2 Å². The quantitative estimate of drug-likeness (QED) is 0.811. The van der Waals surface area contributed by atoms with Crippen molar-refractivity contribution in [2.75, 3.05) is 26.2 Å². The second-order valence-corrected chi connectivity index (χ2v) is 4.13. The van der Waals surface area contributed by atoms with Crippen LogP contribution in [-0.4, -0.2) is 31.1 Å². The van der Waals surface area contributed by atoms with Gasteiger partial charge in [0, 0.05) is 37.8 Å². The van der Waals surface area contributed by atoms with Crippen molar-refractivity contribution in [2.45, 2.75) is 6.04 Å². The Labute approximate surface area is 99.9 Å². The molecule has 0 bridgehead atoms. The standard InChI is InChI=1S/C13H16F2N2/c1-2-13(17-7-5-16-6-8-17)11-4-3-10(14)9-12(11)15/h2-4,9,13,16H,1,5-8H2/t13-/m1/s1. The van der Waals surface area contributed by atoms with Crippen molar-refractivity contribution in [3.05, 3.63) is 48.1 Å². The molecule has 1 aliphatic heterocycles. The summed E-state index contributed by atoms with van der Waals surface area (Å²) in [5.41, 5.74) is 0.489. The van der Waals surface area contributed by atoms with E-state index in [-0.39, 0.29) is 6.04 Å². The zero-order chi connectivity index (χ0) is 12.3. The number of nitrogens with one attached hydrogen (secondary N) is 1. The smallest absolute Gasteiger partial charge is 0.131 e. The summed E-state index contributed by atoms with van der Waals surface area (Å²) in [4.78, 5) is 2.14. The summed E-state index contributed by atoms with van der Waals surface area (Å²) in [5.74, 6) is -1.05. The van der Waals surface area contributed by atoms with Crippen molar-refractivity contribution < 1.29 is 8.78 Å². The first kappa shape index (κ1) is 12.2. The lowest BCUT2D eigenvalue weighted by atomic mass is 10.0. The zero-order valence-corrected chi connectivity index (χ0v) is 9.63. The van der Waals surface area contributed by atoms with Gasteiger partial charge in [0.1, 0.15) is 11.6 Å². The predicted octanol–water partition coefficient (Wildman–Crippen LogP) is 2.10. The van der Waals surface area contributed by atoms with Gasteiger partial charge >= 0.3 is 0 Å². The third-order valence-electron chi connectivity index (χ3n) is 3.05. The van der Waals surface area contributed by atoms with Crippen LogP contribution >= 0.6 is 0 Å². The number of benzene rings is 1. The van der Waals surface area contributed by atoms with Crippen molar-refractivity contribution in [2.24, 2.45) is 0 Å². The number of halogens is 2. The summed E-state index contributed by atoms with van der Waals surface area (Å²) in [5, 5.41) is 3.24. The fourth-order valence-corrected chi connectivity index (χ4v) is 2.17. The molecule has 0 aliphatic carbocycles. The average molecular weight is 238 g/mol. The topological polar surface area (TPSA) is 15.3 Å². The summed E-state index contributed by atoms with van der Waals surface area (Å²) < 4.78 is 26.6. The van der Waals surface area contributed by atoms with Gasteiger partial charge in [-0.3, -0.25) is 4.90 Å². The molecular weight excluding hydrogens is 222 g/mol.